The molecule has 0 aromatic carbocycles. The number of halogens is 1. The number of rotatable bonds is 8. The van der Waals surface area contributed by atoms with Crippen LogP contribution in [0.25, 0.3) is 0 Å². The van der Waals surface area contributed by atoms with Gasteiger partial charge in [0.05, 0.1) is 0 Å². The lowest BCUT2D eigenvalue weighted by Gasteiger charge is -2.11. The first-order valence-corrected chi connectivity index (χ1v) is 9.47. The quantitative estimate of drug-likeness (QED) is 0.573. The Kier molecular flexibility index (Phi) is 7.05. The summed E-state index contributed by atoms with van der Waals surface area (Å²) in [6.45, 7) is 5.80. The number of hydrogen-bond acceptors (Lipinski definition) is 5. The molecule has 0 spiro atoms. The Balaban J connectivity index is 1.86. The molecule has 0 saturated heterocycles. The summed E-state index contributed by atoms with van der Waals surface area (Å²) < 4.78 is 2.16. The number of hydrogen-bond donors (Lipinski definition) is 1. The summed E-state index contributed by atoms with van der Waals surface area (Å²) in [5.41, 5.74) is 0.329. The van der Waals surface area contributed by atoms with Crippen LogP contribution in [0, 0.1) is 5.92 Å². The summed E-state index contributed by atoms with van der Waals surface area (Å²) in [7, 11) is 0. The van der Waals surface area contributed by atoms with Gasteiger partial charge in [-0.3, -0.25) is 9.78 Å². The van der Waals surface area contributed by atoms with E-state index in [0.717, 1.165) is 30.4 Å². The van der Waals surface area contributed by atoms with Gasteiger partial charge in [0.1, 0.15) is 11.5 Å². The number of amides is 1. The van der Waals surface area contributed by atoms with E-state index in [-0.39, 0.29) is 5.91 Å². The van der Waals surface area contributed by atoms with Crippen LogP contribution in [0.3, 0.4) is 0 Å². The van der Waals surface area contributed by atoms with Crippen LogP contribution in [-0.2, 0) is 13.0 Å². The highest BCUT2D eigenvalue weighted by atomic mass is 35.5. The first-order chi connectivity index (χ1) is 11.5. The SMILES string of the molecule is CSc1nnc(CCCNC(=O)c2cc(Cl)ccn2)n1CC(C)C. The van der Waals surface area contributed by atoms with Gasteiger partial charge in [-0.05, 0) is 30.7 Å². The molecule has 0 fully saturated rings. The molecule has 130 valence electrons. The van der Waals surface area contributed by atoms with Crippen LogP contribution in [0.5, 0.6) is 0 Å². The van der Waals surface area contributed by atoms with E-state index in [2.05, 4.69) is 38.9 Å². The predicted octanol–water partition coefficient (Wildman–Crippen LogP) is 3.07. The van der Waals surface area contributed by atoms with Crippen molar-refractivity contribution < 1.29 is 4.79 Å². The van der Waals surface area contributed by atoms with E-state index in [1.165, 1.54) is 6.20 Å². The minimum Gasteiger partial charge on any atom is -0.351 e. The Morgan fingerprint density at radius 1 is 1.42 bits per heavy atom. The average molecular weight is 368 g/mol. The van der Waals surface area contributed by atoms with Crippen LogP contribution in [-0.4, -0.2) is 38.5 Å². The zero-order valence-electron chi connectivity index (χ0n) is 14.1. The van der Waals surface area contributed by atoms with E-state index in [1.807, 2.05) is 6.26 Å². The highest BCUT2D eigenvalue weighted by molar-refractivity contribution is 7.98. The van der Waals surface area contributed by atoms with E-state index in [1.54, 1.807) is 23.9 Å². The molecule has 1 N–H and O–H groups in total. The van der Waals surface area contributed by atoms with Crippen LogP contribution in [0.15, 0.2) is 23.5 Å². The Labute approximate surface area is 151 Å². The van der Waals surface area contributed by atoms with E-state index >= 15 is 0 Å². The van der Waals surface area contributed by atoms with Crippen molar-refractivity contribution in [2.75, 3.05) is 12.8 Å². The van der Waals surface area contributed by atoms with Gasteiger partial charge < -0.3 is 9.88 Å². The second-order valence-electron chi connectivity index (χ2n) is 5.83. The zero-order valence-corrected chi connectivity index (χ0v) is 15.7. The number of carbonyl (C=O) groups is 1. The lowest BCUT2D eigenvalue weighted by atomic mass is 10.2. The minimum atomic E-state index is -0.217. The third-order valence-corrected chi connectivity index (χ3v) is 4.24. The number of aryl methyl sites for hydroxylation is 1. The Bertz CT molecular complexity index is 689. The lowest BCUT2D eigenvalue weighted by Crippen LogP contribution is -2.26. The van der Waals surface area contributed by atoms with Crippen LogP contribution >= 0.6 is 23.4 Å². The molecule has 0 aliphatic carbocycles. The van der Waals surface area contributed by atoms with Crippen molar-refractivity contribution in [3.05, 3.63) is 34.9 Å². The van der Waals surface area contributed by atoms with Crippen LogP contribution < -0.4 is 5.32 Å². The normalized spacial score (nSPS) is 11.0. The Morgan fingerprint density at radius 2 is 2.21 bits per heavy atom. The third-order valence-electron chi connectivity index (χ3n) is 3.34. The lowest BCUT2D eigenvalue weighted by molar-refractivity contribution is 0.0948. The molecule has 0 unspecified atom stereocenters. The van der Waals surface area contributed by atoms with Crippen molar-refractivity contribution in [1.82, 2.24) is 25.1 Å². The van der Waals surface area contributed by atoms with Gasteiger partial charge in [0.15, 0.2) is 5.16 Å². The summed E-state index contributed by atoms with van der Waals surface area (Å²) in [5, 5.41) is 12.8. The van der Waals surface area contributed by atoms with Gasteiger partial charge in [0, 0.05) is 30.7 Å². The maximum Gasteiger partial charge on any atom is 0.269 e. The van der Waals surface area contributed by atoms with Crippen molar-refractivity contribution in [2.45, 2.75) is 38.4 Å². The molecule has 24 heavy (non-hydrogen) atoms. The van der Waals surface area contributed by atoms with Gasteiger partial charge in [-0.1, -0.05) is 37.2 Å². The molecule has 6 nitrogen and oxygen atoms in total. The van der Waals surface area contributed by atoms with Crippen molar-refractivity contribution in [3.63, 3.8) is 0 Å². The molecule has 2 aromatic rings. The molecule has 2 rings (SSSR count). The minimum absolute atomic E-state index is 0.217. The number of nitrogens with zero attached hydrogens (tertiary/aromatic N) is 4. The molecule has 2 heterocycles. The number of aromatic nitrogens is 4. The molecule has 0 saturated carbocycles. The number of nitrogens with one attached hydrogen (secondary N) is 1. The summed E-state index contributed by atoms with van der Waals surface area (Å²) in [6.07, 6.45) is 5.08. The third kappa shape index (κ3) is 5.21. The van der Waals surface area contributed by atoms with E-state index in [9.17, 15) is 4.79 Å². The summed E-state index contributed by atoms with van der Waals surface area (Å²) >= 11 is 7.47. The van der Waals surface area contributed by atoms with Crippen molar-refractivity contribution in [2.24, 2.45) is 5.92 Å². The number of pyridine rings is 1. The van der Waals surface area contributed by atoms with E-state index < -0.39 is 0 Å². The highest BCUT2D eigenvalue weighted by Crippen LogP contribution is 2.16. The largest absolute Gasteiger partial charge is 0.351 e. The van der Waals surface area contributed by atoms with E-state index in [4.69, 9.17) is 11.6 Å². The molecule has 0 aliphatic rings. The first kappa shape index (κ1) is 18.7. The van der Waals surface area contributed by atoms with Gasteiger partial charge in [0.2, 0.25) is 0 Å². The fourth-order valence-corrected chi connectivity index (χ4v) is 2.95. The second-order valence-corrected chi connectivity index (χ2v) is 7.04. The van der Waals surface area contributed by atoms with Crippen molar-refractivity contribution in [1.29, 1.82) is 0 Å². The van der Waals surface area contributed by atoms with Gasteiger partial charge in [-0.25, -0.2) is 0 Å². The summed E-state index contributed by atoms with van der Waals surface area (Å²) in [5.74, 6) is 1.27. The highest BCUT2D eigenvalue weighted by Gasteiger charge is 2.13. The summed E-state index contributed by atoms with van der Waals surface area (Å²) in [6, 6.07) is 3.20. The molecule has 2 aromatic heterocycles. The number of thioether (sulfide) groups is 1. The Hall–Kier alpha value is -1.60. The molecule has 8 heteroatoms. The fraction of sp³-hybridized carbons (Fsp3) is 0.500. The van der Waals surface area contributed by atoms with Gasteiger partial charge >= 0.3 is 0 Å². The maximum atomic E-state index is 12.0. The molecule has 0 radical (unpaired) electrons. The molecule has 0 aliphatic heterocycles. The topological polar surface area (TPSA) is 72.7 Å². The predicted molar refractivity (Wildman–Crippen MR) is 96.5 cm³/mol. The maximum absolute atomic E-state index is 12.0. The fourth-order valence-electron chi connectivity index (χ4n) is 2.27. The van der Waals surface area contributed by atoms with E-state index in [0.29, 0.717) is 23.2 Å². The average Bonchev–Trinajstić information content (AvgIpc) is 2.92. The van der Waals surface area contributed by atoms with Crippen LogP contribution in [0.1, 0.15) is 36.6 Å². The molecular formula is C16H22ClN5OS. The molecule has 0 bridgehead atoms. The monoisotopic (exact) mass is 367 g/mol. The molecule has 0 atom stereocenters. The van der Waals surface area contributed by atoms with Crippen molar-refractivity contribution in [3.8, 4) is 0 Å². The number of carbonyl (C=O) groups excluding carboxylic acids is 1. The van der Waals surface area contributed by atoms with Gasteiger partial charge in [-0.15, -0.1) is 10.2 Å². The standard InChI is InChI=1S/C16H22ClN5OS/c1-11(2)10-22-14(20-21-16(22)24-3)5-4-7-19-15(23)13-9-12(17)6-8-18-13/h6,8-9,11H,4-5,7,10H2,1-3H3,(H,19,23). The first-order valence-electron chi connectivity index (χ1n) is 7.87. The smallest absolute Gasteiger partial charge is 0.269 e. The molecular weight excluding hydrogens is 346 g/mol. The molecule has 1 amide bonds. The zero-order chi connectivity index (χ0) is 17.5. The summed E-state index contributed by atoms with van der Waals surface area (Å²) in [4.78, 5) is 16.0. The van der Waals surface area contributed by atoms with Gasteiger partial charge in [0.25, 0.3) is 5.91 Å². The van der Waals surface area contributed by atoms with Crippen molar-refractivity contribution >= 4 is 29.3 Å². The Morgan fingerprint density at radius 3 is 2.88 bits per heavy atom. The second kappa shape index (κ2) is 9.03. The van der Waals surface area contributed by atoms with Crippen LogP contribution in [0.4, 0.5) is 0 Å². The van der Waals surface area contributed by atoms with Crippen LogP contribution in [0.2, 0.25) is 5.02 Å². The van der Waals surface area contributed by atoms with Gasteiger partial charge in [-0.2, -0.15) is 0 Å².